The van der Waals surface area contributed by atoms with Gasteiger partial charge in [-0.2, -0.15) is 0 Å². The molecule has 0 saturated carbocycles. The standard InChI is InChI=1S/C75H142O17P2/c1-8-9-10-11-12-13-14-15-16-20-23-29-34-42-49-56-72(77)85-62-70(91-74(79)58-51-44-35-30-24-21-18-17-19-22-27-32-39-46-53-66(2)3)64-89-93(81,82)87-60-69(76)61-88-94(83,84)90-65-71(63-86-73(78)57-50-43-38-37-41-48-55-68(6)7)92-75(80)59-52-45-36-31-26-25-28-33-40-47-54-67(4)5/h13-16,66-71,76H,8-12,17-65H2,1-7H3,(H,81,82)(H,83,84)/b14-13-,16-15-/t69-,70-,71-/m1/s1. The molecular formula is C75H142O17P2. The fourth-order valence-electron chi connectivity index (χ4n) is 10.9. The Kier molecular flexibility index (Phi) is 63.5. The maximum atomic E-state index is 13.1. The molecule has 0 aliphatic heterocycles. The fraction of sp³-hybridized carbons (Fsp3) is 0.893. The van der Waals surface area contributed by atoms with Gasteiger partial charge in [0.2, 0.25) is 0 Å². The third kappa shape index (κ3) is 68.1. The molecule has 19 heteroatoms. The zero-order valence-corrected chi connectivity index (χ0v) is 62.7. The molecule has 0 heterocycles. The Morgan fingerprint density at radius 1 is 0.330 bits per heavy atom. The second kappa shape index (κ2) is 65.2. The molecule has 0 fully saturated rings. The molecule has 3 N–H and O–H groups in total. The summed E-state index contributed by atoms with van der Waals surface area (Å²) in [7, 11) is -9.92. The average molecular weight is 1380 g/mol. The van der Waals surface area contributed by atoms with Crippen molar-refractivity contribution in [3.63, 3.8) is 0 Å². The van der Waals surface area contributed by atoms with Crippen LogP contribution in [-0.2, 0) is 65.4 Å². The molecule has 17 nitrogen and oxygen atoms in total. The molecule has 5 atom stereocenters. The molecule has 0 amide bonds. The van der Waals surface area contributed by atoms with Crippen molar-refractivity contribution >= 4 is 39.5 Å². The summed E-state index contributed by atoms with van der Waals surface area (Å²) >= 11 is 0. The van der Waals surface area contributed by atoms with Crippen molar-refractivity contribution in [1.82, 2.24) is 0 Å². The predicted octanol–water partition coefficient (Wildman–Crippen LogP) is 21.3. The van der Waals surface area contributed by atoms with Gasteiger partial charge in [-0.1, -0.05) is 304 Å². The number of phosphoric ester groups is 2. The van der Waals surface area contributed by atoms with Gasteiger partial charge in [0, 0.05) is 25.7 Å². The number of aliphatic hydroxyl groups excluding tert-OH is 1. The SMILES string of the molecule is CCCCCC/C=C\C=C/CCCCCCCC(=O)OC[C@H](COP(=O)(O)OC[C@@H](O)COP(=O)(O)OC[C@@H](COC(=O)CCCCCCCCC(C)C)OC(=O)CCCCCCCCCCCCC(C)C)OC(=O)CCCCCCCCCCCCCCCCC(C)C. The van der Waals surface area contributed by atoms with Crippen molar-refractivity contribution < 1.29 is 80.2 Å². The van der Waals surface area contributed by atoms with Gasteiger partial charge in [0.05, 0.1) is 26.4 Å². The smallest absolute Gasteiger partial charge is 0.462 e. The molecule has 0 spiro atoms. The molecular weight excluding hydrogens is 1230 g/mol. The van der Waals surface area contributed by atoms with Crippen LogP contribution in [0.2, 0.25) is 0 Å². The van der Waals surface area contributed by atoms with Gasteiger partial charge in [-0.05, 0) is 69.1 Å². The minimum Gasteiger partial charge on any atom is -0.462 e. The number of phosphoric acid groups is 2. The molecule has 0 bridgehead atoms. The van der Waals surface area contributed by atoms with Crippen LogP contribution in [0.4, 0.5) is 0 Å². The molecule has 2 unspecified atom stereocenters. The first-order chi connectivity index (χ1) is 45.2. The normalized spacial score (nSPS) is 14.3. The van der Waals surface area contributed by atoms with Crippen molar-refractivity contribution in [3.8, 4) is 0 Å². The first-order valence-electron chi connectivity index (χ1n) is 38.2. The van der Waals surface area contributed by atoms with Crippen molar-refractivity contribution in [3.05, 3.63) is 24.3 Å². The molecule has 0 saturated heterocycles. The Bertz CT molecular complexity index is 1930. The van der Waals surface area contributed by atoms with Gasteiger partial charge >= 0.3 is 39.5 Å². The van der Waals surface area contributed by atoms with Crippen LogP contribution in [0.25, 0.3) is 0 Å². The van der Waals surface area contributed by atoms with E-state index in [4.69, 9.17) is 37.0 Å². The van der Waals surface area contributed by atoms with E-state index in [1.165, 1.54) is 141 Å². The van der Waals surface area contributed by atoms with E-state index in [0.717, 1.165) is 127 Å². The van der Waals surface area contributed by atoms with Gasteiger partial charge in [-0.3, -0.25) is 37.3 Å². The van der Waals surface area contributed by atoms with Crippen LogP contribution in [0.3, 0.4) is 0 Å². The zero-order valence-electron chi connectivity index (χ0n) is 60.9. The Morgan fingerprint density at radius 3 is 0.862 bits per heavy atom. The number of hydrogen-bond acceptors (Lipinski definition) is 15. The number of hydrogen-bond donors (Lipinski definition) is 3. The first kappa shape index (κ1) is 91.5. The molecule has 94 heavy (non-hydrogen) atoms. The van der Waals surface area contributed by atoms with E-state index in [-0.39, 0.29) is 25.7 Å². The van der Waals surface area contributed by atoms with E-state index in [1.54, 1.807) is 0 Å². The number of esters is 4. The monoisotopic (exact) mass is 1380 g/mol. The highest BCUT2D eigenvalue weighted by Gasteiger charge is 2.30. The van der Waals surface area contributed by atoms with E-state index >= 15 is 0 Å². The number of carbonyl (C=O) groups excluding carboxylic acids is 4. The minimum atomic E-state index is -4.96. The largest absolute Gasteiger partial charge is 0.472 e. The van der Waals surface area contributed by atoms with Gasteiger partial charge in [-0.25, -0.2) is 9.13 Å². The Morgan fingerprint density at radius 2 is 0.574 bits per heavy atom. The van der Waals surface area contributed by atoms with Crippen LogP contribution in [0.1, 0.15) is 357 Å². The molecule has 0 radical (unpaired) electrons. The van der Waals surface area contributed by atoms with Crippen molar-refractivity contribution in [2.45, 2.75) is 375 Å². The van der Waals surface area contributed by atoms with Gasteiger partial charge in [0.25, 0.3) is 0 Å². The summed E-state index contributed by atoms with van der Waals surface area (Å²) < 4.78 is 68.4. The van der Waals surface area contributed by atoms with E-state index in [2.05, 4.69) is 72.8 Å². The lowest BCUT2D eigenvalue weighted by Gasteiger charge is -2.21. The van der Waals surface area contributed by atoms with Crippen LogP contribution < -0.4 is 0 Å². The summed E-state index contributed by atoms with van der Waals surface area (Å²) in [6, 6.07) is 0. The molecule has 0 aromatic rings. The highest BCUT2D eigenvalue weighted by atomic mass is 31.2. The van der Waals surface area contributed by atoms with Gasteiger partial charge < -0.3 is 33.8 Å². The lowest BCUT2D eigenvalue weighted by Crippen LogP contribution is -2.30. The maximum Gasteiger partial charge on any atom is 0.472 e. The summed E-state index contributed by atoms with van der Waals surface area (Å²) in [6.07, 6.45) is 53.7. The topological polar surface area (TPSA) is 237 Å². The maximum absolute atomic E-state index is 13.1. The minimum absolute atomic E-state index is 0.100. The fourth-order valence-corrected chi connectivity index (χ4v) is 12.5. The molecule has 0 aliphatic carbocycles. The third-order valence-corrected chi connectivity index (χ3v) is 18.7. The van der Waals surface area contributed by atoms with E-state index in [0.29, 0.717) is 31.6 Å². The second-order valence-electron chi connectivity index (χ2n) is 27.8. The Labute approximate surface area is 573 Å². The van der Waals surface area contributed by atoms with Crippen molar-refractivity contribution in [2.24, 2.45) is 17.8 Å². The van der Waals surface area contributed by atoms with Crippen LogP contribution in [0, 0.1) is 17.8 Å². The third-order valence-electron chi connectivity index (χ3n) is 16.8. The van der Waals surface area contributed by atoms with Crippen LogP contribution in [0.5, 0.6) is 0 Å². The number of aliphatic hydroxyl groups is 1. The highest BCUT2D eigenvalue weighted by molar-refractivity contribution is 7.47. The van der Waals surface area contributed by atoms with Crippen LogP contribution in [-0.4, -0.2) is 96.7 Å². The molecule has 554 valence electrons. The number of ether oxygens (including phenoxy) is 4. The molecule has 0 aromatic heterocycles. The number of allylic oxidation sites excluding steroid dienone is 4. The van der Waals surface area contributed by atoms with Gasteiger partial charge in [-0.15, -0.1) is 0 Å². The summed E-state index contributed by atoms with van der Waals surface area (Å²) in [4.78, 5) is 72.7. The van der Waals surface area contributed by atoms with Gasteiger partial charge in [0.1, 0.15) is 19.3 Å². The second-order valence-corrected chi connectivity index (χ2v) is 30.7. The summed E-state index contributed by atoms with van der Waals surface area (Å²) in [5.41, 5.74) is 0. The average Bonchev–Trinajstić information content (AvgIpc) is 1.49. The summed E-state index contributed by atoms with van der Waals surface area (Å²) in [5.74, 6) is 0.0693. The lowest BCUT2D eigenvalue weighted by atomic mass is 10.0. The Balaban J connectivity index is 5.28. The number of rotatable bonds is 71. The van der Waals surface area contributed by atoms with Gasteiger partial charge in [0.15, 0.2) is 12.2 Å². The van der Waals surface area contributed by atoms with Crippen LogP contribution in [0.15, 0.2) is 24.3 Å². The van der Waals surface area contributed by atoms with Crippen LogP contribution >= 0.6 is 15.6 Å². The first-order valence-corrected chi connectivity index (χ1v) is 41.2. The summed E-state index contributed by atoms with van der Waals surface area (Å²) in [6.45, 7) is 11.7. The van der Waals surface area contributed by atoms with E-state index < -0.39 is 97.5 Å². The number of unbranched alkanes of at least 4 members (excludes halogenated alkanes) is 36. The lowest BCUT2D eigenvalue weighted by molar-refractivity contribution is -0.161. The predicted molar refractivity (Wildman–Crippen MR) is 381 cm³/mol. The quantitative estimate of drug-likeness (QED) is 0.0169. The van der Waals surface area contributed by atoms with Crippen molar-refractivity contribution in [2.75, 3.05) is 39.6 Å². The highest BCUT2D eigenvalue weighted by Crippen LogP contribution is 2.45. The molecule has 0 rings (SSSR count). The van der Waals surface area contributed by atoms with E-state index in [9.17, 15) is 43.2 Å². The summed E-state index contributed by atoms with van der Waals surface area (Å²) in [5, 5.41) is 10.6. The molecule has 0 aromatic carbocycles. The van der Waals surface area contributed by atoms with Crippen molar-refractivity contribution in [1.29, 1.82) is 0 Å². The van der Waals surface area contributed by atoms with E-state index in [1.807, 2.05) is 0 Å². The number of carbonyl (C=O) groups is 4. The molecule has 0 aliphatic rings. The Hall–Kier alpha value is -2.46. The zero-order chi connectivity index (χ0) is 69.4.